The summed E-state index contributed by atoms with van der Waals surface area (Å²) in [5.41, 5.74) is 1.46. The molecule has 1 fully saturated rings. The van der Waals surface area contributed by atoms with E-state index < -0.39 is 12.0 Å². The molecule has 0 amide bonds. The minimum atomic E-state index is -0.815. The van der Waals surface area contributed by atoms with Gasteiger partial charge < -0.3 is 14.4 Å². The van der Waals surface area contributed by atoms with Crippen molar-refractivity contribution >= 4 is 23.1 Å². The third-order valence-corrected chi connectivity index (χ3v) is 3.07. The molecule has 1 aromatic carbocycles. The zero-order valence-electron chi connectivity index (χ0n) is 9.17. The van der Waals surface area contributed by atoms with Gasteiger partial charge >= 0.3 is 5.97 Å². The van der Waals surface area contributed by atoms with Crippen LogP contribution in [-0.2, 0) is 4.79 Å². The fraction of sp³-hybridized carbons (Fsp3) is 0.333. The molecule has 0 radical (unpaired) electrons. The van der Waals surface area contributed by atoms with Gasteiger partial charge in [0.1, 0.15) is 11.6 Å². The highest BCUT2D eigenvalue weighted by Crippen LogP contribution is 2.28. The number of anilines is 1. The molecule has 3 rings (SSSR count). The lowest BCUT2D eigenvalue weighted by atomic mass is 10.2. The average Bonchev–Trinajstić information content (AvgIpc) is 2.95. The van der Waals surface area contributed by atoms with Gasteiger partial charge in [-0.05, 0) is 25.0 Å². The van der Waals surface area contributed by atoms with E-state index >= 15 is 0 Å². The Bertz CT molecular complexity index is 531. The molecule has 2 heterocycles. The molecule has 0 aliphatic carbocycles. The first-order valence-electron chi connectivity index (χ1n) is 5.61. The Morgan fingerprint density at radius 2 is 2.29 bits per heavy atom. The van der Waals surface area contributed by atoms with Gasteiger partial charge in [-0.3, -0.25) is 0 Å². The number of carboxylic acid groups (broad SMARTS) is 1. The molecule has 1 atom stereocenters. The SMILES string of the molecule is O=C(O)[C@H]1CCCN1c1nc2ccccc2o1. The maximum atomic E-state index is 11.1. The Morgan fingerprint density at radius 3 is 3.06 bits per heavy atom. The molecule has 0 bridgehead atoms. The zero-order valence-corrected chi connectivity index (χ0v) is 9.17. The first-order valence-corrected chi connectivity index (χ1v) is 5.61. The number of hydrogen-bond donors (Lipinski definition) is 1. The summed E-state index contributed by atoms with van der Waals surface area (Å²) in [6, 6.07) is 7.34. The molecular formula is C12H12N2O3. The average molecular weight is 232 g/mol. The number of nitrogens with zero attached hydrogens (tertiary/aromatic N) is 2. The van der Waals surface area contributed by atoms with Crippen LogP contribution in [0.2, 0.25) is 0 Å². The fourth-order valence-corrected chi connectivity index (χ4v) is 2.24. The van der Waals surface area contributed by atoms with Crippen molar-refractivity contribution in [1.29, 1.82) is 0 Å². The van der Waals surface area contributed by atoms with E-state index in [4.69, 9.17) is 9.52 Å². The summed E-state index contributed by atoms with van der Waals surface area (Å²) in [5.74, 6) is -0.815. The fourth-order valence-electron chi connectivity index (χ4n) is 2.24. The number of rotatable bonds is 2. The molecule has 5 nitrogen and oxygen atoms in total. The van der Waals surface area contributed by atoms with E-state index in [2.05, 4.69) is 4.98 Å². The van der Waals surface area contributed by atoms with E-state index in [-0.39, 0.29) is 0 Å². The van der Waals surface area contributed by atoms with Crippen LogP contribution < -0.4 is 4.90 Å². The van der Waals surface area contributed by atoms with E-state index in [0.29, 0.717) is 24.6 Å². The van der Waals surface area contributed by atoms with Crippen molar-refractivity contribution in [3.8, 4) is 0 Å². The van der Waals surface area contributed by atoms with Crippen LogP contribution in [-0.4, -0.2) is 28.6 Å². The highest BCUT2D eigenvalue weighted by Gasteiger charge is 2.33. The lowest BCUT2D eigenvalue weighted by molar-refractivity contribution is -0.138. The maximum absolute atomic E-state index is 11.1. The normalized spacial score (nSPS) is 20.0. The number of hydrogen-bond acceptors (Lipinski definition) is 4. The summed E-state index contributed by atoms with van der Waals surface area (Å²) in [6.45, 7) is 0.684. The summed E-state index contributed by atoms with van der Waals surface area (Å²) in [6.07, 6.45) is 1.50. The number of carbonyl (C=O) groups is 1. The Labute approximate surface area is 97.7 Å². The molecule has 0 unspecified atom stereocenters. The van der Waals surface area contributed by atoms with Gasteiger partial charge in [0.25, 0.3) is 6.01 Å². The number of aliphatic carboxylic acids is 1. The predicted molar refractivity (Wildman–Crippen MR) is 62.0 cm³/mol. The zero-order chi connectivity index (χ0) is 11.8. The minimum Gasteiger partial charge on any atom is -0.480 e. The summed E-state index contributed by atoms with van der Waals surface area (Å²) < 4.78 is 5.58. The third kappa shape index (κ3) is 1.63. The first-order chi connectivity index (χ1) is 8.25. The number of para-hydroxylation sites is 2. The van der Waals surface area contributed by atoms with Gasteiger partial charge in [-0.25, -0.2) is 4.79 Å². The molecule has 1 aliphatic rings. The monoisotopic (exact) mass is 232 g/mol. The predicted octanol–water partition coefficient (Wildman–Crippen LogP) is 1.88. The highest BCUT2D eigenvalue weighted by atomic mass is 16.4. The van der Waals surface area contributed by atoms with Crippen molar-refractivity contribution < 1.29 is 14.3 Å². The van der Waals surface area contributed by atoms with E-state index in [9.17, 15) is 4.79 Å². The molecule has 17 heavy (non-hydrogen) atoms. The number of carboxylic acids is 1. The number of oxazole rings is 1. The van der Waals surface area contributed by atoms with Gasteiger partial charge in [-0.2, -0.15) is 4.98 Å². The van der Waals surface area contributed by atoms with E-state index in [1.54, 1.807) is 4.90 Å². The number of aromatic nitrogens is 1. The number of benzene rings is 1. The van der Waals surface area contributed by atoms with E-state index in [0.717, 1.165) is 11.9 Å². The lowest BCUT2D eigenvalue weighted by Gasteiger charge is -2.18. The largest absolute Gasteiger partial charge is 0.480 e. The molecule has 1 N–H and O–H groups in total. The van der Waals surface area contributed by atoms with Gasteiger partial charge in [-0.1, -0.05) is 12.1 Å². The van der Waals surface area contributed by atoms with Crippen LogP contribution in [0.1, 0.15) is 12.8 Å². The molecule has 5 heteroatoms. The molecule has 1 aromatic heterocycles. The summed E-state index contributed by atoms with van der Waals surface area (Å²) in [7, 11) is 0. The molecule has 0 spiro atoms. The maximum Gasteiger partial charge on any atom is 0.326 e. The van der Waals surface area contributed by atoms with Crippen molar-refractivity contribution in [2.45, 2.75) is 18.9 Å². The number of fused-ring (bicyclic) bond motifs is 1. The molecule has 0 saturated carbocycles. The second kappa shape index (κ2) is 3.76. The molecule has 88 valence electrons. The van der Waals surface area contributed by atoms with Crippen molar-refractivity contribution in [3.63, 3.8) is 0 Å². The van der Waals surface area contributed by atoms with Crippen molar-refractivity contribution in [2.24, 2.45) is 0 Å². The lowest BCUT2D eigenvalue weighted by Crippen LogP contribution is -2.36. The summed E-state index contributed by atoms with van der Waals surface area (Å²) >= 11 is 0. The smallest absolute Gasteiger partial charge is 0.326 e. The van der Waals surface area contributed by atoms with Crippen LogP contribution in [0.25, 0.3) is 11.1 Å². The van der Waals surface area contributed by atoms with Crippen molar-refractivity contribution in [3.05, 3.63) is 24.3 Å². The van der Waals surface area contributed by atoms with Gasteiger partial charge in [-0.15, -0.1) is 0 Å². The van der Waals surface area contributed by atoms with Crippen LogP contribution in [0.5, 0.6) is 0 Å². The van der Waals surface area contributed by atoms with Gasteiger partial charge in [0, 0.05) is 6.54 Å². The highest BCUT2D eigenvalue weighted by molar-refractivity contribution is 5.79. The van der Waals surface area contributed by atoms with Crippen LogP contribution in [0.15, 0.2) is 28.7 Å². The standard InChI is InChI=1S/C12H12N2O3/c15-11(16)9-5-3-7-14(9)12-13-8-4-1-2-6-10(8)17-12/h1-2,4,6,9H,3,5,7H2,(H,15,16)/t9-/m1/s1. The topological polar surface area (TPSA) is 66.6 Å². The summed E-state index contributed by atoms with van der Waals surface area (Å²) in [4.78, 5) is 17.1. The van der Waals surface area contributed by atoms with Gasteiger partial charge in [0.05, 0.1) is 0 Å². The molecule has 1 aliphatic heterocycles. The van der Waals surface area contributed by atoms with Crippen LogP contribution >= 0.6 is 0 Å². The molecule has 2 aromatic rings. The quantitative estimate of drug-likeness (QED) is 0.856. The second-order valence-electron chi connectivity index (χ2n) is 4.15. The Kier molecular flexibility index (Phi) is 2.24. The Hall–Kier alpha value is -2.04. The Morgan fingerprint density at radius 1 is 1.47 bits per heavy atom. The second-order valence-corrected chi connectivity index (χ2v) is 4.15. The van der Waals surface area contributed by atoms with E-state index in [1.807, 2.05) is 24.3 Å². The third-order valence-electron chi connectivity index (χ3n) is 3.07. The summed E-state index contributed by atoms with van der Waals surface area (Å²) in [5, 5.41) is 9.11. The van der Waals surface area contributed by atoms with Gasteiger partial charge in [0.15, 0.2) is 5.58 Å². The Balaban J connectivity index is 2.00. The molecular weight excluding hydrogens is 220 g/mol. The van der Waals surface area contributed by atoms with Crippen molar-refractivity contribution in [2.75, 3.05) is 11.4 Å². The van der Waals surface area contributed by atoms with Gasteiger partial charge in [0.2, 0.25) is 0 Å². The minimum absolute atomic E-state index is 0.413. The van der Waals surface area contributed by atoms with Crippen LogP contribution in [0.4, 0.5) is 6.01 Å². The van der Waals surface area contributed by atoms with E-state index in [1.165, 1.54) is 0 Å². The van der Waals surface area contributed by atoms with Crippen LogP contribution in [0.3, 0.4) is 0 Å². The first kappa shape index (κ1) is 10.1. The molecule has 1 saturated heterocycles. The van der Waals surface area contributed by atoms with Crippen LogP contribution in [0, 0.1) is 0 Å². The van der Waals surface area contributed by atoms with Crippen molar-refractivity contribution in [1.82, 2.24) is 4.98 Å².